The van der Waals surface area contributed by atoms with Crippen molar-refractivity contribution in [2.24, 2.45) is 0 Å². The van der Waals surface area contributed by atoms with E-state index in [1.54, 1.807) is 21.3 Å². The molecule has 0 bridgehead atoms. The first-order valence-corrected chi connectivity index (χ1v) is 4.32. The highest BCUT2D eigenvalue weighted by Gasteiger charge is 2.26. The molecule has 4 nitrogen and oxygen atoms in total. The number of ether oxygens (including phenoxy) is 2. The van der Waals surface area contributed by atoms with Crippen LogP contribution in [0.4, 0.5) is 0 Å². The number of nitrogens with zero attached hydrogens (tertiary/aromatic N) is 1. The van der Waals surface area contributed by atoms with Gasteiger partial charge in [0.15, 0.2) is 0 Å². The van der Waals surface area contributed by atoms with E-state index in [2.05, 4.69) is 11.4 Å². The number of hydrogen-bond acceptors (Lipinski definition) is 4. The Kier molecular flexibility index (Phi) is 6.51. The van der Waals surface area contributed by atoms with Gasteiger partial charge in [-0.1, -0.05) is 0 Å². The molecular formula is C9H18N2O2. The fourth-order valence-electron chi connectivity index (χ4n) is 1.10. The van der Waals surface area contributed by atoms with E-state index in [9.17, 15) is 0 Å². The van der Waals surface area contributed by atoms with Crippen molar-refractivity contribution in [3.63, 3.8) is 0 Å². The number of rotatable bonds is 7. The van der Waals surface area contributed by atoms with Crippen LogP contribution >= 0.6 is 0 Å². The van der Waals surface area contributed by atoms with E-state index < -0.39 is 5.54 Å². The van der Waals surface area contributed by atoms with Gasteiger partial charge in [-0.15, -0.1) is 0 Å². The van der Waals surface area contributed by atoms with Crippen molar-refractivity contribution >= 4 is 0 Å². The second kappa shape index (κ2) is 6.84. The first-order chi connectivity index (χ1) is 6.24. The van der Waals surface area contributed by atoms with Crippen molar-refractivity contribution < 1.29 is 9.47 Å². The van der Waals surface area contributed by atoms with Gasteiger partial charge < -0.3 is 14.8 Å². The minimum absolute atomic E-state index is 0.508. The highest BCUT2D eigenvalue weighted by molar-refractivity contribution is 5.06. The summed E-state index contributed by atoms with van der Waals surface area (Å²) in [5.41, 5.74) is -0.508. The predicted octanol–water partition coefficient (Wildman–Crippen LogP) is 0.541. The lowest BCUT2D eigenvalue weighted by Gasteiger charge is -2.25. The van der Waals surface area contributed by atoms with Gasteiger partial charge >= 0.3 is 0 Å². The Morgan fingerprint density at radius 2 is 1.69 bits per heavy atom. The Hall–Kier alpha value is -0.630. The molecule has 76 valence electrons. The SMILES string of the molecule is CNC(C#N)(CCOC)CCOC. The molecule has 0 unspecified atom stereocenters. The van der Waals surface area contributed by atoms with Crippen LogP contribution in [0.5, 0.6) is 0 Å². The second-order valence-corrected chi connectivity index (χ2v) is 2.93. The summed E-state index contributed by atoms with van der Waals surface area (Å²) in [4.78, 5) is 0. The van der Waals surface area contributed by atoms with Crippen molar-refractivity contribution in [1.29, 1.82) is 5.26 Å². The average molecular weight is 186 g/mol. The summed E-state index contributed by atoms with van der Waals surface area (Å²) in [6, 6.07) is 2.26. The van der Waals surface area contributed by atoms with E-state index in [4.69, 9.17) is 14.7 Å². The van der Waals surface area contributed by atoms with E-state index in [-0.39, 0.29) is 0 Å². The third kappa shape index (κ3) is 4.23. The fourth-order valence-corrected chi connectivity index (χ4v) is 1.10. The molecular weight excluding hydrogens is 168 g/mol. The minimum atomic E-state index is -0.508. The summed E-state index contributed by atoms with van der Waals surface area (Å²) in [6.45, 7) is 1.16. The van der Waals surface area contributed by atoms with Gasteiger partial charge in [0.1, 0.15) is 5.54 Å². The third-order valence-electron chi connectivity index (χ3n) is 2.16. The zero-order chi connectivity index (χ0) is 10.2. The Morgan fingerprint density at radius 3 is 1.92 bits per heavy atom. The van der Waals surface area contributed by atoms with Gasteiger partial charge in [-0.2, -0.15) is 5.26 Å². The van der Waals surface area contributed by atoms with Crippen LogP contribution in [0.25, 0.3) is 0 Å². The molecule has 0 saturated heterocycles. The van der Waals surface area contributed by atoms with Crippen LogP contribution in [0.3, 0.4) is 0 Å². The molecule has 0 aliphatic heterocycles. The summed E-state index contributed by atoms with van der Waals surface area (Å²) in [5, 5.41) is 12.0. The van der Waals surface area contributed by atoms with E-state index in [0.717, 1.165) is 0 Å². The molecule has 0 amide bonds. The van der Waals surface area contributed by atoms with Crippen LogP contribution in [-0.2, 0) is 9.47 Å². The molecule has 0 aliphatic rings. The van der Waals surface area contributed by atoms with Gasteiger partial charge in [0.25, 0.3) is 0 Å². The number of nitrogens with one attached hydrogen (secondary N) is 1. The average Bonchev–Trinajstić information content (AvgIpc) is 2.20. The number of methoxy groups -OCH3 is 2. The van der Waals surface area contributed by atoms with Crippen LogP contribution in [0, 0.1) is 11.3 Å². The summed E-state index contributed by atoms with van der Waals surface area (Å²) in [6.07, 6.45) is 1.36. The smallest absolute Gasteiger partial charge is 0.110 e. The molecule has 1 N–H and O–H groups in total. The molecule has 0 rings (SSSR count). The van der Waals surface area contributed by atoms with Gasteiger partial charge in [0.2, 0.25) is 0 Å². The second-order valence-electron chi connectivity index (χ2n) is 2.93. The van der Waals surface area contributed by atoms with E-state index in [0.29, 0.717) is 26.1 Å². The van der Waals surface area contributed by atoms with E-state index in [1.165, 1.54) is 0 Å². The predicted molar refractivity (Wildman–Crippen MR) is 50.4 cm³/mol. The lowest BCUT2D eigenvalue weighted by molar-refractivity contribution is 0.140. The quantitative estimate of drug-likeness (QED) is 0.630. The monoisotopic (exact) mass is 186 g/mol. The van der Waals surface area contributed by atoms with Gasteiger partial charge in [0.05, 0.1) is 6.07 Å². The maximum atomic E-state index is 9.01. The largest absolute Gasteiger partial charge is 0.385 e. The van der Waals surface area contributed by atoms with Crippen molar-refractivity contribution in [3.8, 4) is 6.07 Å². The van der Waals surface area contributed by atoms with Crippen LogP contribution < -0.4 is 5.32 Å². The van der Waals surface area contributed by atoms with Crippen molar-refractivity contribution in [2.75, 3.05) is 34.5 Å². The lowest BCUT2D eigenvalue weighted by Crippen LogP contribution is -2.43. The summed E-state index contributed by atoms with van der Waals surface area (Å²) in [5.74, 6) is 0. The van der Waals surface area contributed by atoms with E-state index >= 15 is 0 Å². The summed E-state index contributed by atoms with van der Waals surface area (Å²) >= 11 is 0. The maximum absolute atomic E-state index is 9.01. The van der Waals surface area contributed by atoms with Gasteiger partial charge in [-0.05, 0) is 7.05 Å². The van der Waals surface area contributed by atoms with E-state index in [1.807, 2.05) is 0 Å². The Labute approximate surface area is 79.8 Å². The van der Waals surface area contributed by atoms with Crippen LogP contribution in [0.1, 0.15) is 12.8 Å². The zero-order valence-corrected chi connectivity index (χ0v) is 8.59. The third-order valence-corrected chi connectivity index (χ3v) is 2.16. The van der Waals surface area contributed by atoms with Crippen LogP contribution in [0.2, 0.25) is 0 Å². The molecule has 0 aromatic heterocycles. The van der Waals surface area contributed by atoms with Gasteiger partial charge in [-0.3, -0.25) is 0 Å². The van der Waals surface area contributed by atoms with Crippen LogP contribution in [0.15, 0.2) is 0 Å². The molecule has 13 heavy (non-hydrogen) atoms. The Morgan fingerprint density at radius 1 is 1.23 bits per heavy atom. The van der Waals surface area contributed by atoms with Gasteiger partial charge in [0, 0.05) is 40.3 Å². The molecule has 0 radical (unpaired) electrons. The normalized spacial score (nSPS) is 11.2. The molecule has 0 aliphatic carbocycles. The summed E-state index contributed by atoms with van der Waals surface area (Å²) in [7, 11) is 5.05. The first kappa shape index (κ1) is 12.4. The molecule has 0 saturated carbocycles. The number of nitriles is 1. The lowest BCUT2D eigenvalue weighted by atomic mass is 9.94. The molecule has 0 heterocycles. The highest BCUT2D eigenvalue weighted by atomic mass is 16.5. The fraction of sp³-hybridized carbons (Fsp3) is 0.889. The molecule has 0 aromatic rings. The topological polar surface area (TPSA) is 54.3 Å². The minimum Gasteiger partial charge on any atom is -0.385 e. The highest BCUT2D eigenvalue weighted by Crippen LogP contribution is 2.13. The maximum Gasteiger partial charge on any atom is 0.110 e. The van der Waals surface area contributed by atoms with Crippen molar-refractivity contribution in [2.45, 2.75) is 18.4 Å². The summed E-state index contributed by atoms with van der Waals surface area (Å²) < 4.78 is 9.90. The van der Waals surface area contributed by atoms with Crippen molar-refractivity contribution in [1.82, 2.24) is 5.32 Å². The Balaban J connectivity index is 4.07. The van der Waals surface area contributed by atoms with Crippen molar-refractivity contribution in [3.05, 3.63) is 0 Å². The van der Waals surface area contributed by atoms with Gasteiger partial charge in [-0.25, -0.2) is 0 Å². The first-order valence-electron chi connectivity index (χ1n) is 4.32. The standard InChI is InChI=1S/C9H18N2O2/c1-11-9(8-10,4-6-12-2)5-7-13-3/h11H,4-7H2,1-3H3. The Bertz CT molecular complexity index is 157. The molecule has 0 aromatic carbocycles. The molecule has 0 atom stereocenters. The molecule has 4 heteroatoms. The number of hydrogen-bond donors (Lipinski definition) is 1. The zero-order valence-electron chi connectivity index (χ0n) is 8.59. The molecule has 0 spiro atoms. The van der Waals surface area contributed by atoms with Crippen LogP contribution in [-0.4, -0.2) is 40.0 Å². The molecule has 0 fully saturated rings.